The van der Waals surface area contributed by atoms with Gasteiger partial charge < -0.3 is 9.84 Å². The monoisotopic (exact) mass is 218 g/mol. The fraction of sp³-hybridized carbons (Fsp3) is 0.857. The lowest BCUT2D eigenvalue weighted by atomic mass is 10.3. The Morgan fingerprint density at radius 3 is 2.36 bits per heavy atom. The van der Waals surface area contributed by atoms with Crippen LogP contribution in [0.15, 0.2) is 0 Å². The van der Waals surface area contributed by atoms with Crippen LogP contribution in [0.25, 0.3) is 0 Å². The zero-order valence-corrected chi connectivity index (χ0v) is 7.34. The van der Waals surface area contributed by atoms with Crippen molar-refractivity contribution in [2.75, 3.05) is 6.61 Å². The molecular formula is C7H10F4O3. The van der Waals surface area contributed by atoms with E-state index >= 15 is 0 Å². The van der Waals surface area contributed by atoms with Crippen LogP contribution < -0.4 is 0 Å². The topological polar surface area (TPSA) is 46.5 Å². The number of hydrogen-bond acceptors (Lipinski definition) is 2. The van der Waals surface area contributed by atoms with Gasteiger partial charge in [-0.2, -0.15) is 8.78 Å². The first kappa shape index (κ1) is 13.2. The number of halogens is 4. The van der Waals surface area contributed by atoms with Crippen molar-refractivity contribution < 1.29 is 32.2 Å². The van der Waals surface area contributed by atoms with E-state index in [0.717, 1.165) is 0 Å². The maximum Gasteiger partial charge on any atom is 0.330 e. The number of carboxylic acid groups (broad SMARTS) is 1. The number of carbonyl (C=O) groups is 1. The van der Waals surface area contributed by atoms with Gasteiger partial charge in [-0.3, -0.25) is 4.79 Å². The van der Waals surface area contributed by atoms with Gasteiger partial charge in [-0.15, -0.1) is 0 Å². The third kappa shape index (κ3) is 5.00. The third-order valence-corrected chi connectivity index (χ3v) is 1.34. The molecule has 0 aromatic heterocycles. The summed E-state index contributed by atoms with van der Waals surface area (Å²) < 4.78 is 51.9. The predicted octanol–water partition coefficient (Wildman–Crippen LogP) is 1.77. The second kappa shape index (κ2) is 5.14. The van der Waals surface area contributed by atoms with Crippen molar-refractivity contribution in [2.45, 2.75) is 31.8 Å². The molecular weight excluding hydrogens is 208 g/mol. The van der Waals surface area contributed by atoms with E-state index in [-0.39, 0.29) is 0 Å². The Hall–Kier alpha value is -0.850. The van der Waals surface area contributed by atoms with Gasteiger partial charge in [0.05, 0.1) is 12.5 Å². The summed E-state index contributed by atoms with van der Waals surface area (Å²) in [5.74, 6) is -5.47. The van der Waals surface area contributed by atoms with E-state index in [4.69, 9.17) is 5.11 Å². The minimum absolute atomic E-state index is 0.501. The number of carboxylic acids is 1. The van der Waals surface area contributed by atoms with E-state index < -0.39 is 37.4 Å². The number of ether oxygens (including phenoxy) is 1. The molecule has 7 heteroatoms. The molecule has 0 spiro atoms. The average Bonchev–Trinajstić information content (AvgIpc) is 1.99. The van der Waals surface area contributed by atoms with Gasteiger partial charge in [-0.05, 0) is 6.92 Å². The average molecular weight is 218 g/mol. The van der Waals surface area contributed by atoms with Gasteiger partial charge in [0, 0.05) is 0 Å². The molecule has 0 rings (SSSR count). The lowest BCUT2D eigenvalue weighted by Crippen LogP contribution is -2.34. The van der Waals surface area contributed by atoms with Crippen LogP contribution in [-0.4, -0.2) is 36.1 Å². The Morgan fingerprint density at radius 1 is 1.50 bits per heavy atom. The normalized spacial score (nSPS) is 14.4. The molecule has 0 aromatic rings. The van der Waals surface area contributed by atoms with E-state index in [9.17, 15) is 22.4 Å². The van der Waals surface area contributed by atoms with Crippen LogP contribution in [0.4, 0.5) is 17.6 Å². The number of alkyl halides is 4. The van der Waals surface area contributed by atoms with Crippen LogP contribution in [0, 0.1) is 0 Å². The van der Waals surface area contributed by atoms with Gasteiger partial charge >= 0.3 is 18.3 Å². The molecule has 0 saturated carbocycles. The first-order valence-electron chi connectivity index (χ1n) is 3.75. The number of aliphatic carboxylic acids is 1. The molecule has 0 aromatic carbocycles. The highest BCUT2D eigenvalue weighted by atomic mass is 19.3. The minimum Gasteiger partial charge on any atom is -0.481 e. The van der Waals surface area contributed by atoms with Crippen LogP contribution in [0.3, 0.4) is 0 Å². The van der Waals surface area contributed by atoms with Gasteiger partial charge in [0.25, 0.3) is 0 Å². The highest BCUT2D eigenvalue weighted by Crippen LogP contribution is 2.23. The number of hydrogen-bond donors (Lipinski definition) is 1. The van der Waals surface area contributed by atoms with Gasteiger partial charge in [0.1, 0.15) is 6.61 Å². The van der Waals surface area contributed by atoms with E-state index in [1.54, 1.807) is 0 Å². The second-order valence-corrected chi connectivity index (χ2v) is 2.78. The molecule has 0 bridgehead atoms. The first-order chi connectivity index (χ1) is 6.25. The lowest BCUT2D eigenvalue weighted by molar-refractivity contribution is -0.177. The smallest absolute Gasteiger partial charge is 0.330 e. The molecule has 0 aliphatic carbocycles. The molecule has 0 saturated heterocycles. The molecule has 0 heterocycles. The molecule has 14 heavy (non-hydrogen) atoms. The fourth-order valence-electron chi connectivity index (χ4n) is 0.621. The highest BCUT2D eigenvalue weighted by molar-refractivity contribution is 5.67. The summed E-state index contributed by atoms with van der Waals surface area (Å²) in [6, 6.07) is 0. The van der Waals surface area contributed by atoms with Crippen molar-refractivity contribution in [3.63, 3.8) is 0 Å². The van der Waals surface area contributed by atoms with Gasteiger partial charge in [0.15, 0.2) is 0 Å². The summed E-state index contributed by atoms with van der Waals surface area (Å²) in [5, 5.41) is 8.21. The van der Waals surface area contributed by atoms with Crippen LogP contribution in [0.1, 0.15) is 13.3 Å². The molecule has 0 radical (unpaired) electrons. The van der Waals surface area contributed by atoms with E-state index in [1.807, 2.05) is 0 Å². The maximum absolute atomic E-state index is 12.2. The van der Waals surface area contributed by atoms with Crippen molar-refractivity contribution >= 4 is 5.97 Å². The van der Waals surface area contributed by atoms with Crippen molar-refractivity contribution in [3.8, 4) is 0 Å². The molecule has 1 unspecified atom stereocenters. The largest absolute Gasteiger partial charge is 0.481 e. The minimum atomic E-state index is -4.23. The summed E-state index contributed by atoms with van der Waals surface area (Å²) in [6.07, 6.45) is -5.32. The summed E-state index contributed by atoms with van der Waals surface area (Å²) in [6.45, 7) is -0.255. The third-order valence-electron chi connectivity index (χ3n) is 1.34. The molecule has 0 fully saturated rings. The fourth-order valence-corrected chi connectivity index (χ4v) is 0.621. The first-order valence-corrected chi connectivity index (χ1v) is 3.75. The van der Waals surface area contributed by atoms with Crippen LogP contribution in [-0.2, 0) is 9.53 Å². The standard InChI is InChI=1S/C7H10F4O3/c1-4(2-5(12)13)14-3-7(10,11)6(8)9/h4,6H,2-3H2,1H3,(H,12,13). The predicted molar refractivity (Wildman–Crippen MR) is 38.6 cm³/mol. The molecule has 3 nitrogen and oxygen atoms in total. The molecule has 0 amide bonds. The number of rotatable bonds is 6. The van der Waals surface area contributed by atoms with Gasteiger partial charge in [0.2, 0.25) is 0 Å². The second-order valence-electron chi connectivity index (χ2n) is 2.78. The van der Waals surface area contributed by atoms with Crippen LogP contribution in [0.2, 0.25) is 0 Å². The summed E-state index contributed by atoms with van der Waals surface area (Å²) >= 11 is 0. The molecule has 84 valence electrons. The highest BCUT2D eigenvalue weighted by Gasteiger charge is 2.41. The SMILES string of the molecule is CC(CC(=O)O)OCC(F)(F)C(F)F. The molecule has 0 aliphatic rings. The Kier molecular flexibility index (Phi) is 4.82. The van der Waals surface area contributed by atoms with Crippen molar-refractivity contribution in [3.05, 3.63) is 0 Å². The molecule has 1 N–H and O–H groups in total. The van der Waals surface area contributed by atoms with Gasteiger partial charge in [-0.25, -0.2) is 8.78 Å². The van der Waals surface area contributed by atoms with Crippen LogP contribution >= 0.6 is 0 Å². The molecule has 1 atom stereocenters. The van der Waals surface area contributed by atoms with E-state index in [0.29, 0.717) is 0 Å². The Balaban J connectivity index is 3.87. The van der Waals surface area contributed by atoms with Crippen LogP contribution in [0.5, 0.6) is 0 Å². The molecule has 0 aliphatic heterocycles. The Labute approximate surface area is 77.7 Å². The van der Waals surface area contributed by atoms with Crippen molar-refractivity contribution in [1.29, 1.82) is 0 Å². The summed E-state index contributed by atoms with van der Waals surface area (Å²) in [4.78, 5) is 10.1. The maximum atomic E-state index is 12.2. The zero-order valence-electron chi connectivity index (χ0n) is 7.34. The van der Waals surface area contributed by atoms with Gasteiger partial charge in [-0.1, -0.05) is 0 Å². The Bertz CT molecular complexity index is 195. The summed E-state index contributed by atoms with van der Waals surface area (Å²) in [7, 11) is 0. The van der Waals surface area contributed by atoms with Crippen molar-refractivity contribution in [1.82, 2.24) is 0 Å². The summed E-state index contributed by atoms with van der Waals surface area (Å²) in [5.41, 5.74) is 0. The lowest BCUT2D eigenvalue weighted by Gasteiger charge is -2.17. The van der Waals surface area contributed by atoms with E-state index in [2.05, 4.69) is 4.74 Å². The quantitative estimate of drug-likeness (QED) is 0.691. The Morgan fingerprint density at radius 2 is 2.00 bits per heavy atom. The van der Waals surface area contributed by atoms with E-state index in [1.165, 1.54) is 6.92 Å². The zero-order chi connectivity index (χ0) is 11.4. The van der Waals surface area contributed by atoms with Crippen molar-refractivity contribution in [2.24, 2.45) is 0 Å².